The van der Waals surface area contributed by atoms with Crippen molar-refractivity contribution in [3.8, 4) is 23.0 Å². The van der Waals surface area contributed by atoms with Crippen molar-refractivity contribution in [2.24, 2.45) is 0 Å². The van der Waals surface area contributed by atoms with Gasteiger partial charge in [0.15, 0.2) is 11.4 Å². The van der Waals surface area contributed by atoms with E-state index in [1.807, 2.05) is 5.32 Å². The summed E-state index contributed by atoms with van der Waals surface area (Å²) in [5.74, 6) is -3.95. The van der Waals surface area contributed by atoms with Gasteiger partial charge in [-0.2, -0.15) is 13.2 Å². The lowest BCUT2D eigenvalue weighted by Crippen LogP contribution is -2.39. The molecule has 2 atom stereocenters. The summed E-state index contributed by atoms with van der Waals surface area (Å²) in [6, 6.07) is 18.5. The Labute approximate surface area is 247 Å². The molecule has 9 nitrogen and oxygen atoms in total. The molecule has 12 heteroatoms. The second-order valence-electron chi connectivity index (χ2n) is 10.2. The van der Waals surface area contributed by atoms with Crippen LogP contribution in [0.5, 0.6) is 23.0 Å². The van der Waals surface area contributed by atoms with Gasteiger partial charge in [-0.25, -0.2) is 4.79 Å². The first-order valence-electron chi connectivity index (χ1n) is 13.4. The number of hydrogen-bond acceptors (Lipinski definition) is 7. The second kappa shape index (κ2) is 10.3. The minimum absolute atomic E-state index is 0.0143. The summed E-state index contributed by atoms with van der Waals surface area (Å²) in [5, 5.41) is 25.7. The van der Waals surface area contributed by atoms with Gasteiger partial charge in [0.1, 0.15) is 22.9 Å². The largest absolute Gasteiger partial charge is 0.508 e. The fraction of sp³-hybridized carbons (Fsp3) is 0.156. The van der Waals surface area contributed by atoms with Crippen LogP contribution in [0.2, 0.25) is 0 Å². The molecule has 0 aromatic heterocycles. The van der Waals surface area contributed by atoms with Gasteiger partial charge in [0.25, 0.3) is 5.91 Å². The Kier molecular flexibility index (Phi) is 6.71. The van der Waals surface area contributed by atoms with Crippen molar-refractivity contribution < 1.29 is 47.2 Å². The number of aromatic hydroxyl groups is 2. The van der Waals surface area contributed by atoms with Crippen LogP contribution in [0.15, 0.2) is 78.9 Å². The summed E-state index contributed by atoms with van der Waals surface area (Å²) in [6.45, 7) is 1.58. The van der Waals surface area contributed by atoms with Gasteiger partial charge in [-0.1, -0.05) is 37.3 Å². The summed E-state index contributed by atoms with van der Waals surface area (Å²) in [5.41, 5.74) is 0.0416. The maximum atomic E-state index is 13.5. The summed E-state index contributed by atoms with van der Waals surface area (Å²) >= 11 is 0. The van der Waals surface area contributed by atoms with Gasteiger partial charge in [-0.3, -0.25) is 9.59 Å². The van der Waals surface area contributed by atoms with E-state index >= 15 is 0 Å². The van der Waals surface area contributed by atoms with E-state index in [1.54, 1.807) is 37.3 Å². The minimum atomic E-state index is -5.08. The maximum absolute atomic E-state index is 13.5. The molecular weight excluding hydrogens is 581 g/mol. The predicted octanol–water partition coefficient (Wildman–Crippen LogP) is 6.05. The highest BCUT2D eigenvalue weighted by atomic mass is 19.4. The molecule has 0 fully saturated rings. The smallest absolute Gasteiger partial charge is 0.471 e. The Bertz CT molecular complexity index is 1860. The molecule has 2 aliphatic heterocycles. The number of esters is 1. The number of nitrogens with one attached hydrogen (secondary N) is 2. The van der Waals surface area contributed by atoms with Crippen molar-refractivity contribution in [1.82, 2.24) is 5.32 Å². The van der Waals surface area contributed by atoms with E-state index in [-0.39, 0.29) is 46.0 Å². The summed E-state index contributed by atoms with van der Waals surface area (Å²) in [6.07, 6.45) is -4.96. The summed E-state index contributed by atoms with van der Waals surface area (Å²) in [4.78, 5) is 38.1. The molecule has 224 valence electrons. The van der Waals surface area contributed by atoms with Crippen LogP contribution in [0.1, 0.15) is 62.4 Å². The zero-order valence-corrected chi connectivity index (χ0v) is 22.9. The molecule has 0 radical (unpaired) electrons. The third kappa shape index (κ3) is 4.55. The fourth-order valence-corrected chi connectivity index (χ4v) is 5.58. The van der Waals surface area contributed by atoms with Crippen LogP contribution < -0.4 is 15.4 Å². The van der Waals surface area contributed by atoms with Crippen molar-refractivity contribution in [2.75, 3.05) is 5.32 Å². The number of phenolic OH excluding ortho intramolecular Hbond substituents is 2. The number of anilines is 1. The van der Waals surface area contributed by atoms with Crippen molar-refractivity contribution in [2.45, 2.75) is 31.2 Å². The molecule has 0 saturated carbocycles. The normalized spacial score (nSPS) is 17.0. The van der Waals surface area contributed by atoms with E-state index in [0.29, 0.717) is 16.7 Å². The van der Waals surface area contributed by atoms with E-state index in [1.165, 1.54) is 48.5 Å². The molecule has 1 spiro atoms. The van der Waals surface area contributed by atoms with Crippen LogP contribution in [0.25, 0.3) is 0 Å². The molecular formula is C32H23F3N2O7. The quantitative estimate of drug-likeness (QED) is 0.161. The van der Waals surface area contributed by atoms with Crippen LogP contribution in [0, 0.1) is 0 Å². The van der Waals surface area contributed by atoms with Gasteiger partial charge in [0, 0.05) is 22.8 Å². The van der Waals surface area contributed by atoms with E-state index in [2.05, 4.69) is 5.32 Å². The average molecular weight is 605 g/mol. The van der Waals surface area contributed by atoms with Crippen LogP contribution in [0.3, 0.4) is 0 Å². The molecule has 0 aliphatic carbocycles. The third-order valence-corrected chi connectivity index (χ3v) is 7.60. The minimum Gasteiger partial charge on any atom is -0.508 e. The van der Waals surface area contributed by atoms with Gasteiger partial charge in [-0.05, 0) is 54.4 Å². The van der Waals surface area contributed by atoms with Gasteiger partial charge in [0.2, 0.25) is 0 Å². The first-order chi connectivity index (χ1) is 20.9. The molecule has 2 unspecified atom stereocenters. The zero-order valence-electron chi connectivity index (χ0n) is 22.9. The molecule has 4 aromatic carbocycles. The SMILES string of the molecule is CCC(NC(=O)C(F)(F)F)c1cccc(C(=O)Nc2c(O)ccc3c2Oc2cc(O)ccc2C32OC(=O)c3ccccc32)c1. The molecule has 4 aromatic rings. The molecule has 2 heterocycles. The second-order valence-corrected chi connectivity index (χ2v) is 10.2. The standard InChI is InChI=1S/C32H23F3N2O7/c1-2-23(36-30(42)32(33,34)35)16-6-5-7-17(14-16)28(40)37-26-24(39)13-12-22-27(26)43-25-15-18(38)10-11-21(25)31(22)20-9-4-3-8-19(20)29(41)44-31/h3-15,23,38-39H,2H2,1H3,(H,36,42)(H,37,40). The number of hydrogen-bond donors (Lipinski definition) is 4. The highest BCUT2D eigenvalue weighted by Crippen LogP contribution is 2.59. The summed E-state index contributed by atoms with van der Waals surface area (Å²) < 4.78 is 50.7. The number of rotatable bonds is 5. The number of ether oxygens (including phenoxy) is 2. The molecule has 4 N–H and O–H groups in total. The predicted molar refractivity (Wildman–Crippen MR) is 150 cm³/mol. The summed E-state index contributed by atoms with van der Waals surface area (Å²) in [7, 11) is 0. The highest BCUT2D eigenvalue weighted by molar-refractivity contribution is 6.06. The van der Waals surface area contributed by atoms with Crippen molar-refractivity contribution in [1.29, 1.82) is 0 Å². The molecule has 0 saturated heterocycles. The Morgan fingerprint density at radius 1 is 0.932 bits per heavy atom. The van der Waals surface area contributed by atoms with Gasteiger partial charge < -0.3 is 30.3 Å². The maximum Gasteiger partial charge on any atom is 0.471 e. The lowest BCUT2D eigenvalue weighted by atomic mass is 9.77. The van der Waals surface area contributed by atoms with E-state index in [0.717, 1.165) is 0 Å². The Hall–Kier alpha value is -5.52. The number of carbonyl (C=O) groups excluding carboxylic acids is 3. The van der Waals surface area contributed by atoms with E-state index in [9.17, 15) is 37.8 Å². The molecule has 2 aliphatic rings. The molecule has 44 heavy (non-hydrogen) atoms. The van der Waals surface area contributed by atoms with Crippen LogP contribution in [-0.2, 0) is 15.1 Å². The molecule has 2 amide bonds. The van der Waals surface area contributed by atoms with Gasteiger partial charge in [0.05, 0.1) is 17.2 Å². The van der Waals surface area contributed by atoms with Crippen molar-refractivity contribution >= 4 is 23.5 Å². The fourth-order valence-electron chi connectivity index (χ4n) is 5.58. The number of amides is 2. The first-order valence-corrected chi connectivity index (χ1v) is 13.4. The molecule has 0 bridgehead atoms. The van der Waals surface area contributed by atoms with Crippen LogP contribution in [-0.4, -0.2) is 34.2 Å². The lowest BCUT2D eigenvalue weighted by molar-refractivity contribution is -0.174. The van der Waals surface area contributed by atoms with Crippen LogP contribution >= 0.6 is 0 Å². The van der Waals surface area contributed by atoms with Crippen molar-refractivity contribution in [3.05, 3.63) is 112 Å². The van der Waals surface area contributed by atoms with Crippen LogP contribution in [0.4, 0.5) is 18.9 Å². The topological polar surface area (TPSA) is 134 Å². The first kappa shape index (κ1) is 28.6. The number of benzene rings is 4. The van der Waals surface area contributed by atoms with Gasteiger partial charge >= 0.3 is 18.1 Å². The molecule has 6 rings (SSSR count). The van der Waals surface area contributed by atoms with E-state index in [4.69, 9.17) is 9.47 Å². The van der Waals surface area contributed by atoms with E-state index < -0.39 is 41.4 Å². The number of alkyl halides is 3. The number of phenols is 2. The van der Waals surface area contributed by atoms with Crippen molar-refractivity contribution in [3.63, 3.8) is 0 Å². The number of carbonyl (C=O) groups is 3. The average Bonchev–Trinajstić information content (AvgIpc) is 3.29. The highest BCUT2D eigenvalue weighted by Gasteiger charge is 2.54. The lowest BCUT2D eigenvalue weighted by Gasteiger charge is -2.37. The van der Waals surface area contributed by atoms with Gasteiger partial charge in [-0.15, -0.1) is 0 Å². The monoisotopic (exact) mass is 604 g/mol. The zero-order chi connectivity index (χ0) is 31.4. The number of fused-ring (bicyclic) bond motifs is 6. The Morgan fingerprint density at radius 2 is 1.68 bits per heavy atom. The third-order valence-electron chi connectivity index (χ3n) is 7.60. The Morgan fingerprint density at radius 3 is 2.43 bits per heavy atom. The number of halogens is 3. The Balaban J connectivity index is 1.41.